The SMILES string of the molecule is COc1cc(C=O)cc(I)c1O[C@H]1C=C(C(=O)NCCO)C[C@@H](N(Cc2ccc(Cl)c(Cl)c2)C(=O)CC2CC3CCC2C3)[C@@H]1O. The van der Waals surface area contributed by atoms with Crippen molar-refractivity contribution in [2.75, 3.05) is 20.3 Å². The molecule has 0 spiro atoms. The Morgan fingerprint density at radius 1 is 1.16 bits per heavy atom. The molecule has 45 heavy (non-hydrogen) atoms. The minimum absolute atomic E-state index is 0.0456. The molecule has 0 saturated heterocycles. The van der Waals surface area contributed by atoms with E-state index in [1.165, 1.54) is 19.6 Å². The molecule has 0 heterocycles. The van der Waals surface area contributed by atoms with Crippen LogP contribution >= 0.6 is 45.8 Å². The predicted octanol–water partition coefficient (Wildman–Crippen LogP) is 5.19. The van der Waals surface area contributed by atoms with Gasteiger partial charge in [0, 0.05) is 37.1 Å². The number of nitrogens with one attached hydrogen (secondary N) is 1. The van der Waals surface area contributed by atoms with E-state index >= 15 is 0 Å². The van der Waals surface area contributed by atoms with Crippen molar-refractivity contribution in [3.05, 3.63) is 66.7 Å². The van der Waals surface area contributed by atoms with E-state index in [0.29, 0.717) is 55.0 Å². The van der Waals surface area contributed by atoms with Gasteiger partial charge >= 0.3 is 0 Å². The van der Waals surface area contributed by atoms with Crippen molar-refractivity contribution in [3.63, 3.8) is 0 Å². The minimum atomic E-state index is -1.22. The lowest BCUT2D eigenvalue weighted by Crippen LogP contribution is -2.55. The van der Waals surface area contributed by atoms with Crippen LogP contribution < -0.4 is 14.8 Å². The van der Waals surface area contributed by atoms with Crippen LogP contribution in [0.15, 0.2) is 42.0 Å². The average Bonchev–Trinajstić information content (AvgIpc) is 3.65. The van der Waals surface area contributed by atoms with Crippen molar-refractivity contribution in [2.45, 2.75) is 63.3 Å². The molecule has 6 atom stereocenters. The zero-order chi connectivity index (χ0) is 32.2. The zero-order valence-electron chi connectivity index (χ0n) is 24.9. The number of hydrogen-bond acceptors (Lipinski definition) is 7. The van der Waals surface area contributed by atoms with Gasteiger partial charge in [-0.1, -0.05) is 35.7 Å². The van der Waals surface area contributed by atoms with Gasteiger partial charge in [-0.25, -0.2) is 0 Å². The highest BCUT2D eigenvalue weighted by Crippen LogP contribution is 2.50. The number of halogens is 3. The number of ether oxygens (including phenoxy) is 2. The van der Waals surface area contributed by atoms with Gasteiger partial charge in [0.25, 0.3) is 0 Å². The molecule has 2 aromatic carbocycles. The zero-order valence-corrected chi connectivity index (χ0v) is 28.6. The molecular formula is C33H37Cl2IN2O7. The van der Waals surface area contributed by atoms with Gasteiger partial charge in [-0.15, -0.1) is 0 Å². The Kier molecular flexibility index (Phi) is 11.3. The van der Waals surface area contributed by atoms with Crippen molar-refractivity contribution in [3.8, 4) is 11.5 Å². The van der Waals surface area contributed by atoms with E-state index in [1.807, 2.05) is 22.6 Å². The highest BCUT2D eigenvalue weighted by atomic mass is 127. The number of fused-ring (bicyclic) bond motifs is 2. The molecule has 2 fully saturated rings. The number of rotatable bonds is 12. The van der Waals surface area contributed by atoms with Crippen LogP contribution in [0.2, 0.25) is 10.0 Å². The van der Waals surface area contributed by atoms with Crippen molar-refractivity contribution in [2.24, 2.45) is 17.8 Å². The molecular weight excluding hydrogens is 734 g/mol. The van der Waals surface area contributed by atoms with Crippen LogP contribution in [0.1, 0.15) is 54.4 Å². The quantitative estimate of drug-likeness (QED) is 0.201. The van der Waals surface area contributed by atoms with Gasteiger partial charge < -0.3 is 29.9 Å². The molecule has 12 heteroatoms. The third kappa shape index (κ3) is 7.78. The number of hydrogen-bond donors (Lipinski definition) is 3. The second-order valence-electron chi connectivity index (χ2n) is 12.1. The molecule has 242 valence electrons. The normalized spacial score (nSPS) is 25.4. The molecule has 3 unspecified atom stereocenters. The standard InChI is InChI=1S/C33H37Cl2IN2O7/c1-44-29-12-20(17-40)11-26(36)32(29)45-28-14-23(33(43)37-6-7-39)13-27(31(28)42)38(16-19-3-5-24(34)25(35)10-19)30(41)15-22-9-18-2-4-21(22)8-18/h3,5,10-12,14,17-18,21-22,27-28,31,39,42H,2,4,6-9,13,15-16H2,1H3,(H,37,43)/t18?,21?,22?,27-,28+,31+/m1/s1. The summed E-state index contributed by atoms with van der Waals surface area (Å²) in [6, 6.07) is 7.51. The van der Waals surface area contributed by atoms with Gasteiger partial charge in [0.05, 0.1) is 33.4 Å². The molecule has 0 aliphatic heterocycles. The van der Waals surface area contributed by atoms with Gasteiger partial charge in [-0.3, -0.25) is 14.4 Å². The summed E-state index contributed by atoms with van der Waals surface area (Å²) >= 11 is 14.5. The van der Waals surface area contributed by atoms with Crippen molar-refractivity contribution in [1.82, 2.24) is 10.2 Å². The van der Waals surface area contributed by atoms with Crippen LogP contribution in [0.3, 0.4) is 0 Å². The lowest BCUT2D eigenvalue weighted by atomic mass is 9.84. The fraction of sp³-hybridized carbons (Fsp3) is 0.485. The summed E-state index contributed by atoms with van der Waals surface area (Å²) in [6.07, 6.45) is 4.95. The van der Waals surface area contributed by atoms with E-state index in [-0.39, 0.29) is 43.7 Å². The Hall–Kier alpha value is -2.38. The first-order chi connectivity index (χ1) is 21.6. The average molecular weight is 771 g/mol. The summed E-state index contributed by atoms with van der Waals surface area (Å²) in [5, 5.41) is 24.6. The molecule has 3 N–H and O–H groups in total. The third-order valence-electron chi connectivity index (χ3n) is 9.24. The first-order valence-electron chi connectivity index (χ1n) is 15.1. The summed E-state index contributed by atoms with van der Waals surface area (Å²) in [5.74, 6) is 1.53. The molecule has 2 aromatic rings. The largest absolute Gasteiger partial charge is 0.493 e. The van der Waals surface area contributed by atoms with Gasteiger partial charge in [0.2, 0.25) is 11.8 Å². The van der Waals surface area contributed by atoms with E-state index in [0.717, 1.165) is 24.8 Å². The fourth-order valence-electron chi connectivity index (χ4n) is 7.03. The summed E-state index contributed by atoms with van der Waals surface area (Å²) in [5.41, 5.74) is 1.44. The maximum Gasteiger partial charge on any atom is 0.247 e. The molecule has 0 radical (unpaired) electrons. The van der Waals surface area contributed by atoms with Crippen LogP contribution in [0.5, 0.6) is 11.5 Å². The predicted molar refractivity (Wildman–Crippen MR) is 179 cm³/mol. The van der Waals surface area contributed by atoms with Crippen LogP contribution in [-0.4, -0.2) is 71.7 Å². The first kappa shape index (κ1) is 34.0. The minimum Gasteiger partial charge on any atom is -0.493 e. The van der Waals surface area contributed by atoms with Gasteiger partial charge in [-0.05, 0) is 95.5 Å². The molecule has 2 saturated carbocycles. The molecule has 2 bridgehead atoms. The van der Waals surface area contributed by atoms with Gasteiger partial charge in [0.1, 0.15) is 18.5 Å². The number of aliphatic hydroxyl groups is 2. The summed E-state index contributed by atoms with van der Waals surface area (Å²) in [7, 11) is 1.45. The Morgan fingerprint density at radius 3 is 2.60 bits per heavy atom. The van der Waals surface area contributed by atoms with E-state index in [1.54, 1.807) is 35.2 Å². The highest BCUT2D eigenvalue weighted by Gasteiger charge is 2.44. The molecule has 3 aliphatic rings. The van der Waals surface area contributed by atoms with E-state index in [4.69, 9.17) is 32.7 Å². The van der Waals surface area contributed by atoms with E-state index in [9.17, 15) is 24.6 Å². The Balaban J connectivity index is 1.50. The number of carbonyl (C=O) groups is 3. The van der Waals surface area contributed by atoms with Crippen LogP contribution in [0.4, 0.5) is 0 Å². The lowest BCUT2D eigenvalue weighted by Gasteiger charge is -2.41. The smallest absolute Gasteiger partial charge is 0.247 e. The first-order valence-corrected chi connectivity index (χ1v) is 17.0. The van der Waals surface area contributed by atoms with Crippen molar-refractivity contribution < 1.29 is 34.1 Å². The summed E-state index contributed by atoms with van der Waals surface area (Å²) in [4.78, 5) is 40.6. The number of benzene rings is 2. The molecule has 3 aliphatic carbocycles. The number of aldehydes is 1. The molecule has 9 nitrogen and oxygen atoms in total. The van der Waals surface area contributed by atoms with Gasteiger partial charge in [-0.2, -0.15) is 0 Å². The van der Waals surface area contributed by atoms with Crippen molar-refractivity contribution in [1.29, 1.82) is 0 Å². The second-order valence-corrected chi connectivity index (χ2v) is 14.1. The van der Waals surface area contributed by atoms with Crippen LogP contribution in [-0.2, 0) is 16.1 Å². The number of amides is 2. The molecule has 2 amide bonds. The number of carbonyl (C=O) groups excluding carboxylic acids is 3. The van der Waals surface area contributed by atoms with Crippen molar-refractivity contribution >= 4 is 63.9 Å². The topological polar surface area (TPSA) is 125 Å². The van der Waals surface area contributed by atoms with E-state index in [2.05, 4.69) is 5.32 Å². The molecule has 0 aromatic heterocycles. The number of aliphatic hydroxyl groups excluding tert-OH is 2. The second kappa shape index (κ2) is 15.0. The third-order valence-corrected chi connectivity index (χ3v) is 10.8. The highest BCUT2D eigenvalue weighted by molar-refractivity contribution is 14.1. The fourth-order valence-corrected chi connectivity index (χ4v) is 8.10. The number of methoxy groups -OCH3 is 1. The monoisotopic (exact) mass is 770 g/mol. The van der Waals surface area contributed by atoms with E-state index < -0.39 is 24.2 Å². The van der Waals surface area contributed by atoms with Crippen LogP contribution in [0.25, 0.3) is 0 Å². The summed E-state index contributed by atoms with van der Waals surface area (Å²) < 4.78 is 12.4. The Morgan fingerprint density at radius 2 is 1.96 bits per heavy atom. The Labute approximate surface area is 286 Å². The number of nitrogens with zero attached hydrogens (tertiary/aromatic N) is 1. The van der Waals surface area contributed by atoms with Crippen LogP contribution in [0, 0.1) is 21.3 Å². The lowest BCUT2D eigenvalue weighted by molar-refractivity contribution is -0.141. The Bertz CT molecular complexity index is 1470. The maximum absolute atomic E-state index is 14.2. The molecule has 5 rings (SSSR count). The maximum atomic E-state index is 14.2. The van der Waals surface area contributed by atoms with Gasteiger partial charge in [0.15, 0.2) is 11.5 Å². The summed E-state index contributed by atoms with van der Waals surface area (Å²) in [6.45, 7) is -0.0513.